The molecule has 8 heteroatoms. The average Bonchev–Trinajstić information content (AvgIpc) is 3.10. The molecule has 0 aromatic carbocycles. The Balaban J connectivity index is 1.34. The lowest BCUT2D eigenvalue weighted by Gasteiger charge is -2.58. The molecule has 198 valence electrons. The molecule has 1 heterocycles. The maximum absolute atomic E-state index is 12.1. The quantitative estimate of drug-likeness (QED) is 0.395. The molecule has 13 atom stereocenters. The lowest BCUT2D eigenvalue weighted by atomic mass is 9.46. The first-order valence-electron chi connectivity index (χ1n) is 13.4. The minimum Gasteiger partial charge on any atom is -0.394 e. The second-order valence-corrected chi connectivity index (χ2v) is 12.4. The summed E-state index contributed by atoms with van der Waals surface area (Å²) >= 11 is 0. The molecule has 1 saturated heterocycles. The Morgan fingerprint density at radius 3 is 2.54 bits per heavy atom. The Morgan fingerprint density at radius 1 is 1.09 bits per heavy atom. The molecule has 5 N–H and O–H groups in total. The molecule has 4 fully saturated rings. The van der Waals surface area contributed by atoms with E-state index in [1.807, 2.05) is 13.0 Å². The van der Waals surface area contributed by atoms with E-state index in [0.717, 1.165) is 32.1 Å². The van der Waals surface area contributed by atoms with Crippen molar-refractivity contribution in [2.75, 3.05) is 6.61 Å². The van der Waals surface area contributed by atoms with Gasteiger partial charge in [-0.05, 0) is 86.0 Å². The highest BCUT2D eigenvalue weighted by Crippen LogP contribution is 2.67. The smallest absolute Gasteiger partial charge is 0.186 e. The summed E-state index contributed by atoms with van der Waals surface area (Å²) in [6, 6.07) is 0. The van der Waals surface area contributed by atoms with E-state index in [1.54, 1.807) is 0 Å². The van der Waals surface area contributed by atoms with Crippen molar-refractivity contribution in [3.63, 3.8) is 0 Å². The highest BCUT2D eigenvalue weighted by Gasteiger charge is 2.63. The standard InChI is InChI=1S/C27H42O8/c1-13(34-25-24(33)23(32)22(31)20(12-28)35-25)18-11-19(30)21-16-5-4-14-10-15(29)6-8-26(14,2)17(16)7-9-27(18,21)3/h10,13,16-25,28,30-33H,4-9,11-12H2,1-3H3/t13-,16-,17+,18-,19+,20-,21-,22-,23+,24-,25-,26+,27-/m1/s1. The van der Waals surface area contributed by atoms with Crippen LogP contribution in [0, 0.1) is 34.5 Å². The molecule has 0 spiro atoms. The number of ketones is 1. The van der Waals surface area contributed by atoms with Crippen LogP contribution in [0.3, 0.4) is 0 Å². The summed E-state index contributed by atoms with van der Waals surface area (Å²) in [6.45, 7) is 6.02. The predicted octanol–water partition coefficient (Wildman–Crippen LogP) is 1.31. The van der Waals surface area contributed by atoms with Crippen LogP contribution in [0.2, 0.25) is 0 Å². The summed E-state index contributed by atoms with van der Waals surface area (Å²) in [5, 5.41) is 51.6. The zero-order valence-electron chi connectivity index (χ0n) is 21.0. The number of carbonyl (C=O) groups excluding carboxylic acids is 1. The third-order valence-corrected chi connectivity index (χ3v) is 10.8. The summed E-state index contributed by atoms with van der Waals surface area (Å²) in [7, 11) is 0. The summed E-state index contributed by atoms with van der Waals surface area (Å²) in [5.74, 6) is 1.28. The number of aliphatic hydroxyl groups excluding tert-OH is 5. The maximum atomic E-state index is 12.1. The van der Waals surface area contributed by atoms with Gasteiger partial charge in [0.2, 0.25) is 0 Å². The van der Waals surface area contributed by atoms with Crippen molar-refractivity contribution in [1.29, 1.82) is 0 Å². The Labute approximate surface area is 207 Å². The predicted molar refractivity (Wildman–Crippen MR) is 126 cm³/mol. The van der Waals surface area contributed by atoms with Gasteiger partial charge in [0.05, 0.1) is 18.8 Å². The van der Waals surface area contributed by atoms with Crippen LogP contribution in [-0.4, -0.2) is 80.8 Å². The zero-order chi connectivity index (χ0) is 25.3. The monoisotopic (exact) mass is 494 g/mol. The first-order valence-corrected chi connectivity index (χ1v) is 13.4. The van der Waals surface area contributed by atoms with Crippen LogP contribution in [0.15, 0.2) is 11.6 Å². The maximum Gasteiger partial charge on any atom is 0.186 e. The fraction of sp³-hybridized carbons (Fsp3) is 0.889. The minimum absolute atomic E-state index is 0.0356. The number of hydrogen-bond acceptors (Lipinski definition) is 8. The van der Waals surface area contributed by atoms with Crippen LogP contribution in [0.1, 0.15) is 65.7 Å². The second kappa shape index (κ2) is 9.15. The topological polar surface area (TPSA) is 137 Å². The SMILES string of the molecule is C[C@@H](O[C@@H]1O[C@H](CO)[C@@H](O)[C@H](O)[C@H]1O)[C@H]1C[C@H](O)[C@H]2[C@@H]3CCC4=CC(=O)CC[C@]4(C)[C@H]3CC[C@@]21C. The van der Waals surface area contributed by atoms with Gasteiger partial charge in [-0.1, -0.05) is 19.4 Å². The van der Waals surface area contributed by atoms with Gasteiger partial charge in [-0.15, -0.1) is 0 Å². The molecule has 8 nitrogen and oxygen atoms in total. The van der Waals surface area contributed by atoms with E-state index in [4.69, 9.17) is 9.47 Å². The van der Waals surface area contributed by atoms with E-state index in [9.17, 15) is 30.3 Å². The molecular formula is C27H42O8. The summed E-state index contributed by atoms with van der Waals surface area (Å²) in [4.78, 5) is 12.1. The van der Waals surface area contributed by atoms with Gasteiger partial charge < -0.3 is 35.0 Å². The lowest BCUT2D eigenvalue weighted by molar-refractivity contribution is -0.315. The van der Waals surface area contributed by atoms with Gasteiger partial charge >= 0.3 is 0 Å². The third-order valence-electron chi connectivity index (χ3n) is 10.8. The molecule has 0 unspecified atom stereocenters. The van der Waals surface area contributed by atoms with E-state index >= 15 is 0 Å². The fourth-order valence-corrected chi connectivity index (χ4v) is 8.88. The van der Waals surface area contributed by atoms with Gasteiger partial charge in [-0.2, -0.15) is 0 Å². The Morgan fingerprint density at radius 2 is 1.83 bits per heavy atom. The number of aliphatic hydroxyl groups is 5. The largest absolute Gasteiger partial charge is 0.394 e. The summed E-state index contributed by atoms with van der Waals surface area (Å²) < 4.78 is 11.7. The summed E-state index contributed by atoms with van der Waals surface area (Å²) in [6.07, 6.45) is 0.624. The van der Waals surface area contributed by atoms with Crippen molar-refractivity contribution in [3.8, 4) is 0 Å². The van der Waals surface area contributed by atoms with Gasteiger partial charge in [-0.25, -0.2) is 0 Å². The van der Waals surface area contributed by atoms with Gasteiger partial charge in [0.25, 0.3) is 0 Å². The summed E-state index contributed by atoms with van der Waals surface area (Å²) in [5.41, 5.74) is 1.20. The first kappa shape index (κ1) is 25.8. The molecule has 0 aromatic rings. The number of ether oxygens (including phenoxy) is 2. The van der Waals surface area contributed by atoms with Crippen molar-refractivity contribution >= 4 is 5.78 Å². The van der Waals surface area contributed by atoms with Crippen molar-refractivity contribution < 1.29 is 39.8 Å². The minimum atomic E-state index is -1.47. The highest BCUT2D eigenvalue weighted by atomic mass is 16.7. The van der Waals surface area contributed by atoms with Crippen molar-refractivity contribution in [2.45, 2.75) is 109 Å². The molecule has 1 aliphatic heterocycles. The molecule has 3 saturated carbocycles. The van der Waals surface area contributed by atoms with Crippen LogP contribution in [-0.2, 0) is 14.3 Å². The molecule has 0 aromatic heterocycles. The fourth-order valence-electron chi connectivity index (χ4n) is 8.88. The van der Waals surface area contributed by atoms with Gasteiger partial charge in [0.1, 0.15) is 24.4 Å². The number of fused-ring (bicyclic) bond motifs is 5. The van der Waals surface area contributed by atoms with E-state index in [1.165, 1.54) is 5.57 Å². The average molecular weight is 495 g/mol. The van der Waals surface area contributed by atoms with E-state index < -0.39 is 43.4 Å². The molecule has 0 radical (unpaired) electrons. The molecule has 0 bridgehead atoms. The van der Waals surface area contributed by atoms with Gasteiger partial charge in [0.15, 0.2) is 12.1 Å². The molecule has 0 amide bonds. The Hall–Kier alpha value is -0.870. The number of carbonyl (C=O) groups is 1. The third kappa shape index (κ3) is 3.95. The lowest BCUT2D eigenvalue weighted by Crippen LogP contribution is -2.60. The normalized spacial score (nSPS) is 52.8. The van der Waals surface area contributed by atoms with Gasteiger partial charge in [0, 0.05) is 6.42 Å². The molecule has 5 rings (SSSR count). The number of rotatable bonds is 4. The molecule has 35 heavy (non-hydrogen) atoms. The van der Waals surface area contributed by atoms with Crippen molar-refractivity contribution in [2.24, 2.45) is 34.5 Å². The Bertz CT molecular complexity index is 858. The highest BCUT2D eigenvalue weighted by molar-refractivity contribution is 5.91. The van der Waals surface area contributed by atoms with E-state index in [2.05, 4.69) is 13.8 Å². The van der Waals surface area contributed by atoms with E-state index in [-0.39, 0.29) is 34.6 Å². The van der Waals surface area contributed by atoms with Crippen molar-refractivity contribution in [3.05, 3.63) is 11.6 Å². The van der Waals surface area contributed by atoms with Gasteiger partial charge in [-0.3, -0.25) is 4.79 Å². The van der Waals surface area contributed by atoms with Crippen molar-refractivity contribution in [1.82, 2.24) is 0 Å². The molecule has 5 aliphatic rings. The van der Waals surface area contributed by atoms with Crippen LogP contribution in [0.25, 0.3) is 0 Å². The molecular weight excluding hydrogens is 452 g/mol. The van der Waals surface area contributed by atoms with Crippen LogP contribution in [0.5, 0.6) is 0 Å². The Kier molecular flexibility index (Phi) is 6.74. The number of allylic oxidation sites excluding steroid dienone is 1. The second-order valence-electron chi connectivity index (χ2n) is 12.4. The van der Waals surface area contributed by atoms with Crippen LogP contribution >= 0.6 is 0 Å². The zero-order valence-corrected chi connectivity index (χ0v) is 21.0. The van der Waals surface area contributed by atoms with Crippen LogP contribution in [0.4, 0.5) is 0 Å². The number of hydrogen-bond donors (Lipinski definition) is 5. The first-order chi connectivity index (χ1) is 16.5. The van der Waals surface area contributed by atoms with E-state index in [0.29, 0.717) is 24.7 Å². The van der Waals surface area contributed by atoms with Crippen LogP contribution < -0.4 is 0 Å². The molecule has 4 aliphatic carbocycles.